The van der Waals surface area contributed by atoms with Crippen molar-refractivity contribution in [1.82, 2.24) is 0 Å². The van der Waals surface area contributed by atoms with Crippen LogP contribution < -0.4 is 0 Å². The predicted octanol–water partition coefficient (Wildman–Crippen LogP) is 9.91. The fourth-order valence-electron chi connectivity index (χ4n) is 4.64. The van der Waals surface area contributed by atoms with E-state index in [1.54, 1.807) is 30.4 Å². The van der Waals surface area contributed by atoms with Gasteiger partial charge in [-0.25, -0.2) is 9.59 Å². The molecule has 0 saturated carbocycles. The molecule has 0 aliphatic rings. The van der Waals surface area contributed by atoms with Crippen LogP contribution in [0.3, 0.4) is 0 Å². The first-order chi connectivity index (χ1) is 20.9. The molecule has 2 heterocycles. The van der Waals surface area contributed by atoms with Crippen molar-refractivity contribution in [2.75, 3.05) is 6.61 Å². The number of hydrogen-bond acceptors (Lipinski definition) is 7. The molecule has 8 heteroatoms. The fraction of sp³-hybridized carbons (Fsp3) is 0.143. The lowest BCUT2D eigenvalue weighted by molar-refractivity contribution is 0.0525. The van der Waals surface area contributed by atoms with Crippen LogP contribution in [0.15, 0.2) is 125 Å². The molecular weight excluding hydrogens is 581 g/mol. The van der Waals surface area contributed by atoms with E-state index in [1.165, 1.54) is 0 Å². The molecule has 6 nitrogen and oxygen atoms in total. The molecule has 218 valence electrons. The normalized spacial score (nSPS) is 10.9. The van der Waals surface area contributed by atoms with Crippen molar-refractivity contribution in [1.29, 1.82) is 0 Å². The van der Waals surface area contributed by atoms with Gasteiger partial charge in [0.15, 0.2) is 0 Å². The van der Waals surface area contributed by atoms with Gasteiger partial charge in [0.2, 0.25) is 0 Å². The molecule has 0 aliphatic carbocycles. The molecule has 0 aliphatic heterocycles. The highest BCUT2D eigenvalue weighted by Gasteiger charge is 2.21. The maximum atomic E-state index is 12.3. The lowest BCUT2D eigenvalue weighted by Gasteiger charge is -2.03. The standard InChI is InChI=1S/C19H18O3S.C16H12O3S/c1-3-16-18(19(20)21-4-2)15-12-14(10-11-17(15)22-16)23-13-8-6-5-7-9-13;1-10-15(16(17)18)13-9-12(7-8-14(13)19-10)20-11-5-3-2-4-6-11/h5-12H,3-4H2,1-2H3;2-9H,1H3,(H,17,18). The number of carboxylic acid groups (broad SMARTS) is 1. The van der Waals surface area contributed by atoms with Crippen LogP contribution in [0.5, 0.6) is 0 Å². The van der Waals surface area contributed by atoms with Crippen LogP contribution in [-0.2, 0) is 11.2 Å². The number of fused-ring (bicyclic) bond motifs is 2. The molecular formula is C35H30O6S2. The van der Waals surface area contributed by atoms with Gasteiger partial charge in [0.05, 0.1) is 6.61 Å². The van der Waals surface area contributed by atoms with E-state index < -0.39 is 5.97 Å². The van der Waals surface area contributed by atoms with E-state index in [0.717, 1.165) is 30.6 Å². The predicted molar refractivity (Wildman–Crippen MR) is 171 cm³/mol. The summed E-state index contributed by atoms with van der Waals surface area (Å²) in [5.41, 5.74) is 2.13. The topological polar surface area (TPSA) is 89.9 Å². The number of benzene rings is 4. The molecule has 2 aromatic heterocycles. The Morgan fingerprint density at radius 2 is 1.21 bits per heavy atom. The zero-order valence-corrected chi connectivity index (χ0v) is 25.6. The van der Waals surface area contributed by atoms with E-state index in [0.29, 0.717) is 41.1 Å². The highest BCUT2D eigenvalue weighted by molar-refractivity contribution is 7.99. The second kappa shape index (κ2) is 13.7. The summed E-state index contributed by atoms with van der Waals surface area (Å²) in [6.07, 6.45) is 0.657. The van der Waals surface area contributed by atoms with Gasteiger partial charge in [0.25, 0.3) is 0 Å². The van der Waals surface area contributed by atoms with Gasteiger partial charge in [0.1, 0.15) is 33.8 Å². The number of hydrogen-bond donors (Lipinski definition) is 1. The molecule has 4 aromatic carbocycles. The average molecular weight is 611 g/mol. The maximum Gasteiger partial charge on any atom is 0.342 e. The van der Waals surface area contributed by atoms with Gasteiger partial charge in [-0.15, -0.1) is 0 Å². The van der Waals surface area contributed by atoms with Crippen LogP contribution in [0.1, 0.15) is 46.1 Å². The maximum absolute atomic E-state index is 12.3. The number of aryl methyl sites for hydroxylation is 2. The fourth-order valence-corrected chi connectivity index (χ4v) is 6.40. The van der Waals surface area contributed by atoms with Crippen LogP contribution in [0, 0.1) is 6.92 Å². The van der Waals surface area contributed by atoms with Crippen molar-refractivity contribution in [3.8, 4) is 0 Å². The minimum atomic E-state index is -0.955. The van der Waals surface area contributed by atoms with Crippen LogP contribution >= 0.6 is 23.5 Å². The van der Waals surface area contributed by atoms with Gasteiger partial charge < -0.3 is 18.7 Å². The van der Waals surface area contributed by atoms with Crippen molar-refractivity contribution in [3.63, 3.8) is 0 Å². The molecule has 0 radical (unpaired) electrons. The summed E-state index contributed by atoms with van der Waals surface area (Å²) in [6.45, 7) is 5.81. The lowest BCUT2D eigenvalue weighted by Crippen LogP contribution is -2.06. The van der Waals surface area contributed by atoms with Crippen molar-refractivity contribution in [3.05, 3.63) is 120 Å². The first-order valence-electron chi connectivity index (χ1n) is 13.8. The summed E-state index contributed by atoms with van der Waals surface area (Å²) in [5.74, 6) is -0.150. The third kappa shape index (κ3) is 6.98. The number of ether oxygens (including phenoxy) is 1. The van der Waals surface area contributed by atoms with E-state index >= 15 is 0 Å². The Morgan fingerprint density at radius 3 is 1.70 bits per heavy atom. The van der Waals surface area contributed by atoms with Gasteiger partial charge in [-0.3, -0.25) is 0 Å². The molecule has 6 aromatic rings. The Kier molecular flexibility index (Phi) is 9.59. The van der Waals surface area contributed by atoms with Gasteiger partial charge >= 0.3 is 11.9 Å². The molecule has 0 saturated heterocycles. The second-order valence-electron chi connectivity index (χ2n) is 9.46. The average Bonchev–Trinajstić information content (AvgIpc) is 3.55. The molecule has 1 N–H and O–H groups in total. The Bertz CT molecular complexity index is 1870. The van der Waals surface area contributed by atoms with E-state index in [1.807, 2.05) is 98.8 Å². The van der Waals surface area contributed by atoms with Crippen LogP contribution in [0.2, 0.25) is 0 Å². The number of carbonyl (C=O) groups is 2. The monoisotopic (exact) mass is 610 g/mol. The molecule has 0 bridgehead atoms. The number of aromatic carboxylic acids is 1. The van der Waals surface area contributed by atoms with Gasteiger partial charge in [0, 0.05) is 36.8 Å². The molecule has 0 atom stereocenters. The van der Waals surface area contributed by atoms with E-state index in [4.69, 9.17) is 13.6 Å². The summed E-state index contributed by atoms with van der Waals surface area (Å²) >= 11 is 3.26. The van der Waals surface area contributed by atoms with Gasteiger partial charge in [-0.2, -0.15) is 0 Å². The summed E-state index contributed by atoms with van der Waals surface area (Å²) in [7, 11) is 0. The Balaban J connectivity index is 0.000000173. The number of carbonyl (C=O) groups excluding carboxylic acids is 1. The van der Waals surface area contributed by atoms with Crippen molar-refractivity contribution in [2.45, 2.75) is 46.8 Å². The molecule has 6 rings (SSSR count). The first kappa shape index (κ1) is 30.1. The van der Waals surface area contributed by atoms with E-state index in [9.17, 15) is 14.7 Å². The lowest BCUT2D eigenvalue weighted by atomic mass is 10.1. The summed E-state index contributed by atoms with van der Waals surface area (Å²) in [6, 6.07) is 31.7. The summed E-state index contributed by atoms with van der Waals surface area (Å²) in [5, 5.41) is 10.7. The zero-order valence-electron chi connectivity index (χ0n) is 24.0. The van der Waals surface area contributed by atoms with Gasteiger partial charge in [-0.05, 0) is 74.5 Å². The minimum absolute atomic E-state index is 0.246. The molecule has 0 fully saturated rings. The van der Waals surface area contributed by atoms with Gasteiger partial charge in [-0.1, -0.05) is 66.8 Å². The van der Waals surface area contributed by atoms with Crippen LogP contribution in [0.25, 0.3) is 21.9 Å². The third-order valence-electron chi connectivity index (χ3n) is 6.54. The first-order valence-corrected chi connectivity index (χ1v) is 15.5. The van der Waals surface area contributed by atoms with Crippen molar-refractivity contribution >= 4 is 57.4 Å². The SMILES string of the molecule is CCOC(=O)c1c(CC)oc2ccc(Sc3ccccc3)cc12.Cc1oc2ccc(Sc3ccccc3)cc2c1C(=O)O. The van der Waals surface area contributed by atoms with Crippen molar-refractivity contribution < 1.29 is 28.3 Å². The highest BCUT2D eigenvalue weighted by Crippen LogP contribution is 2.35. The quantitative estimate of drug-likeness (QED) is 0.170. The molecule has 0 amide bonds. The Morgan fingerprint density at radius 1 is 0.698 bits per heavy atom. The summed E-state index contributed by atoms with van der Waals surface area (Å²) in [4.78, 5) is 27.9. The van der Waals surface area contributed by atoms with E-state index in [-0.39, 0.29) is 11.5 Å². The van der Waals surface area contributed by atoms with Crippen LogP contribution in [0.4, 0.5) is 0 Å². The summed E-state index contributed by atoms with van der Waals surface area (Å²) < 4.78 is 16.5. The number of rotatable bonds is 8. The Hall–Kier alpha value is -4.40. The van der Waals surface area contributed by atoms with E-state index in [2.05, 4.69) is 12.1 Å². The number of furan rings is 2. The van der Waals surface area contributed by atoms with Crippen molar-refractivity contribution in [2.24, 2.45) is 0 Å². The third-order valence-corrected chi connectivity index (χ3v) is 8.54. The highest BCUT2D eigenvalue weighted by atomic mass is 32.2. The second-order valence-corrected chi connectivity index (χ2v) is 11.8. The number of esters is 1. The molecule has 43 heavy (non-hydrogen) atoms. The largest absolute Gasteiger partial charge is 0.478 e. The molecule has 0 spiro atoms. The van der Waals surface area contributed by atoms with Crippen LogP contribution in [-0.4, -0.2) is 23.7 Å². The minimum Gasteiger partial charge on any atom is -0.478 e. The Labute approximate surface area is 258 Å². The molecule has 0 unspecified atom stereocenters. The number of carboxylic acids is 1. The zero-order chi connectivity index (χ0) is 30.3. The smallest absolute Gasteiger partial charge is 0.342 e.